The molecule has 1 rings (SSSR count). The van der Waals surface area contributed by atoms with Crippen molar-refractivity contribution in [1.82, 2.24) is 0 Å². The standard InChI is InChI=1S/C13H24O2/c1-11(12(2)14)7-6-10-13(15)8-4-3-5-9-13/h6-7,11-12,14-15H,3-5,8-10H2,1-2H3/b7-6-/t11-,12+/m0/s1. The van der Waals surface area contributed by atoms with Gasteiger partial charge in [0.15, 0.2) is 0 Å². The van der Waals surface area contributed by atoms with Crippen molar-refractivity contribution in [3.63, 3.8) is 0 Å². The lowest BCUT2D eigenvalue weighted by molar-refractivity contribution is 0.00675. The minimum absolute atomic E-state index is 0.178. The molecule has 1 aliphatic rings. The quantitative estimate of drug-likeness (QED) is 0.703. The van der Waals surface area contributed by atoms with Gasteiger partial charge in [0.25, 0.3) is 0 Å². The van der Waals surface area contributed by atoms with Gasteiger partial charge in [0.1, 0.15) is 0 Å². The molecule has 1 saturated carbocycles. The van der Waals surface area contributed by atoms with Crippen LogP contribution in [0.15, 0.2) is 12.2 Å². The van der Waals surface area contributed by atoms with Crippen LogP contribution in [0.1, 0.15) is 52.4 Å². The Balaban J connectivity index is 2.34. The van der Waals surface area contributed by atoms with Gasteiger partial charge in [0, 0.05) is 0 Å². The first kappa shape index (κ1) is 12.7. The zero-order valence-electron chi connectivity index (χ0n) is 9.95. The molecule has 0 heterocycles. The van der Waals surface area contributed by atoms with Gasteiger partial charge in [-0.05, 0) is 32.1 Å². The van der Waals surface area contributed by atoms with Gasteiger partial charge in [-0.25, -0.2) is 0 Å². The second-order valence-corrected chi connectivity index (χ2v) is 5.02. The molecular formula is C13H24O2. The topological polar surface area (TPSA) is 40.5 Å². The van der Waals surface area contributed by atoms with Crippen LogP contribution in [0.25, 0.3) is 0 Å². The maximum Gasteiger partial charge on any atom is 0.0682 e. The average Bonchev–Trinajstić information content (AvgIpc) is 2.18. The first-order chi connectivity index (χ1) is 7.03. The summed E-state index contributed by atoms with van der Waals surface area (Å²) in [6, 6.07) is 0. The highest BCUT2D eigenvalue weighted by molar-refractivity contribution is 4.95. The Morgan fingerprint density at radius 1 is 1.20 bits per heavy atom. The van der Waals surface area contributed by atoms with Gasteiger partial charge in [0.2, 0.25) is 0 Å². The van der Waals surface area contributed by atoms with Gasteiger partial charge in [-0.1, -0.05) is 38.3 Å². The highest BCUT2D eigenvalue weighted by Gasteiger charge is 2.27. The fourth-order valence-electron chi connectivity index (χ4n) is 2.08. The molecule has 15 heavy (non-hydrogen) atoms. The molecule has 1 fully saturated rings. The summed E-state index contributed by atoms with van der Waals surface area (Å²) in [5.41, 5.74) is -0.465. The molecule has 0 aromatic rings. The summed E-state index contributed by atoms with van der Waals surface area (Å²) < 4.78 is 0. The first-order valence-electron chi connectivity index (χ1n) is 6.11. The number of aliphatic hydroxyl groups is 2. The van der Waals surface area contributed by atoms with Gasteiger partial charge >= 0.3 is 0 Å². The fraction of sp³-hybridized carbons (Fsp3) is 0.846. The van der Waals surface area contributed by atoms with Crippen LogP contribution in [-0.2, 0) is 0 Å². The van der Waals surface area contributed by atoms with Crippen LogP contribution < -0.4 is 0 Å². The highest BCUT2D eigenvalue weighted by atomic mass is 16.3. The molecule has 2 atom stereocenters. The fourth-order valence-corrected chi connectivity index (χ4v) is 2.08. The Hall–Kier alpha value is -0.340. The predicted octanol–water partition coefficient (Wildman–Crippen LogP) is 2.64. The summed E-state index contributed by atoms with van der Waals surface area (Å²) in [7, 11) is 0. The van der Waals surface area contributed by atoms with Gasteiger partial charge in [-0.2, -0.15) is 0 Å². The molecule has 2 heteroatoms. The molecule has 2 nitrogen and oxygen atoms in total. The third kappa shape index (κ3) is 4.35. The van der Waals surface area contributed by atoms with E-state index in [-0.39, 0.29) is 12.0 Å². The summed E-state index contributed by atoms with van der Waals surface area (Å²) >= 11 is 0. The number of aliphatic hydroxyl groups excluding tert-OH is 1. The van der Waals surface area contributed by atoms with Crippen LogP contribution in [0.5, 0.6) is 0 Å². The van der Waals surface area contributed by atoms with Gasteiger partial charge < -0.3 is 10.2 Å². The summed E-state index contributed by atoms with van der Waals surface area (Å²) in [5, 5.41) is 19.5. The largest absolute Gasteiger partial charge is 0.393 e. The van der Waals surface area contributed by atoms with Crippen LogP contribution in [0.4, 0.5) is 0 Å². The lowest BCUT2D eigenvalue weighted by atomic mass is 9.82. The molecule has 0 aliphatic heterocycles. The van der Waals surface area contributed by atoms with E-state index in [4.69, 9.17) is 0 Å². The molecule has 0 radical (unpaired) electrons. The van der Waals surface area contributed by atoms with Crippen molar-refractivity contribution in [3.05, 3.63) is 12.2 Å². The average molecular weight is 212 g/mol. The van der Waals surface area contributed by atoms with E-state index >= 15 is 0 Å². The second-order valence-electron chi connectivity index (χ2n) is 5.02. The van der Waals surface area contributed by atoms with Crippen molar-refractivity contribution in [1.29, 1.82) is 0 Å². The molecule has 1 aliphatic carbocycles. The summed E-state index contributed by atoms with van der Waals surface area (Å²) in [6.45, 7) is 3.79. The Morgan fingerprint density at radius 2 is 1.80 bits per heavy atom. The minimum Gasteiger partial charge on any atom is -0.393 e. The van der Waals surface area contributed by atoms with Crippen LogP contribution in [0.2, 0.25) is 0 Å². The Labute approximate surface area is 93.0 Å². The van der Waals surface area contributed by atoms with Gasteiger partial charge in [0.05, 0.1) is 11.7 Å². The maximum absolute atomic E-state index is 10.2. The van der Waals surface area contributed by atoms with Crippen LogP contribution >= 0.6 is 0 Å². The maximum atomic E-state index is 10.2. The summed E-state index contributed by atoms with van der Waals surface area (Å²) in [5.74, 6) is 0.178. The molecule has 0 unspecified atom stereocenters. The van der Waals surface area contributed by atoms with Crippen molar-refractivity contribution >= 4 is 0 Å². The monoisotopic (exact) mass is 212 g/mol. The predicted molar refractivity (Wildman–Crippen MR) is 62.6 cm³/mol. The van der Waals surface area contributed by atoms with Gasteiger partial charge in [-0.3, -0.25) is 0 Å². The Kier molecular flexibility index (Phi) is 4.81. The number of hydrogen-bond acceptors (Lipinski definition) is 2. The van der Waals surface area contributed by atoms with E-state index in [0.717, 1.165) is 32.1 Å². The smallest absolute Gasteiger partial charge is 0.0682 e. The first-order valence-corrected chi connectivity index (χ1v) is 6.11. The van der Waals surface area contributed by atoms with E-state index in [0.29, 0.717) is 0 Å². The molecule has 2 N–H and O–H groups in total. The van der Waals surface area contributed by atoms with Crippen molar-refractivity contribution < 1.29 is 10.2 Å². The third-order valence-corrected chi connectivity index (χ3v) is 3.48. The lowest BCUT2D eigenvalue weighted by Crippen LogP contribution is -2.30. The highest BCUT2D eigenvalue weighted by Crippen LogP contribution is 2.31. The number of hydrogen-bond donors (Lipinski definition) is 2. The second kappa shape index (κ2) is 5.66. The number of rotatable bonds is 4. The van der Waals surface area contributed by atoms with Crippen LogP contribution in [0, 0.1) is 5.92 Å². The SMILES string of the molecule is C[C@@H](O)[C@@H](C)/C=C\CC1(O)CCCCC1. The van der Waals surface area contributed by atoms with E-state index in [1.54, 1.807) is 6.92 Å². The summed E-state index contributed by atoms with van der Waals surface area (Å²) in [4.78, 5) is 0. The minimum atomic E-state index is -0.465. The van der Waals surface area contributed by atoms with Crippen molar-refractivity contribution in [2.45, 2.75) is 64.1 Å². The Morgan fingerprint density at radius 3 is 2.33 bits per heavy atom. The van der Waals surface area contributed by atoms with Crippen LogP contribution in [-0.4, -0.2) is 21.9 Å². The zero-order valence-corrected chi connectivity index (χ0v) is 9.95. The lowest BCUT2D eigenvalue weighted by Gasteiger charge is -2.31. The van der Waals surface area contributed by atoms with E-state index in [1.165, 1.54) is 6.42 Å². The molecular weight excluding hydrogens is 188 g/mol. The zero-order chi connectivity index (χ0) is 11.3. The van der Waals surface area contributed by atoms with Crippen molar-refractivity contribution in [3.8, 4) is 0 Å². The molecule has 0 saturated heterocycles. The van der Waals surface area contributed by atoms with Crippen molar-refractivity contribution in [2.24, 2.45) is 5.92 Å². The summed E-state index contributed by atoms with van der Waals surface area (Å²) in [6.07, 6.45) is 9.90. The van der Waals surface area contributed by atoms with Gasteiger partial charge in [-0.15, -0.1) is 0 Å². The molecule has 0 aromatic heterocycles. The molecule has 0 aromatic carbocycles. The van der Waals surface area contributed by atoms with Crippen LogP contribution in [0.3, 0.4) is 0 Å². The molecule has 0 bridgehead atoms. The Bertz CT molecular complexity index is 203. The third-order valence-electron chi connectivity index (χ3n) is 3.48. The molecule has 88 valence electrons. The molecule has 0 spiro atoms. The normalized spacial score (nSPS) is 25.3. The van der Waals surface area contributed by atoms with E-state index in [9.17, 15) is 10.2 Å². The van der Waals surface area contributed by atoms with E-state index in [2.05, 4.69) is 0 Å². The van der Waals surface area contributed by atoms with E-state index < -0.39 is 5.60 Å². The van der Waals surface area contributed by atoms with E-state index in [1.807, 2.05) is 19.1 Å². The molecule has 0 amide bonds. The van der Waals surface area contributed by atoms with Crippen molar-refractivity contribution in [2.75, 3.05) is 0 Å².